The minimum absolute atomic E-state index is 0.0487. The van der Waals surface area contributed by atoms with Crippen molar-refractivity contribution in [1.82, 2.24) is 52.1 Å². The predicted octanol–water partition coefficient (Wildman–Crippen LogP) is -6.81. The van der Waals surface area contributed by atoms with E-state index in [0.29, 0.717) is 70.3 Å². The fourth-order valence-electron chi connectivity index (χ4n) is 8.76. The lowest BCUT2D eigenvalue weighted by Crippen LogP contribution is -2.60. The number of hydrogen-bond donors (Lipinski definition) is 18. The van der Waals surface area contributed by atoms with Crippen molar-refractivity contribution < 1.29 is 53.1 Å². The summed E-state index contributed by atoms with van der Waals surface area (Å²) in [4.78, 5) is 147. The summed E-state index contributed by atoms with van der Waals surface area (Å²) in [5, 5.41) is 28.4. The van der Waals surface area contributed by atoms with Crippen LogP contribution >= 0.6 is 0 Å². The van der Waals surface area contributed by atoms with Gasteiger partial charge in [-0.05, 0) is 123 Å². The number of aliphatic imine (C=N–C) groups is 1. The van der Waals surface area contributed by atoms with Crippen LogP contribution in [-0.4, -0.2) is 192 Å². The van der Waals surface area contributed by atoms with Crippen molar-refractivity contribution in [1.29, 1.82) is 0 Å². The summed E-state index contributed by atoms with van der Waals surface area (Å²) in [6, 6.07) is -9.61. The van der Waals surface area contributed by atoms with Crippen LogP contribution in [0.25, 0.3) is 0 Å². The Bertz CT molecular complexity index is 2270. The highest BCUT2D eigenvalue weighted by Crippen LogP contribution is 2.21. The van der Waals surface area contributed by atoms with Crippen molar-refractivity contribution >= 4 is 64.9 Å². The number of ketones is 1. The van der Waals surface area contributed by atoms with Crippen molar-refractivity contribution in [2.45, 2.75) is 171 Å². The van der Waals surface area contributed by atoms with Gasteiger partial charge in [0.05, 0.1) is 31.1 Å². The molecule has 0 saturated carbocycles. The molecule has 462 valence electrons. The number of carbonyl (C=O) groups is 10. The van der Waals surface area contributed by atoms with Crippen LogP contribution in [0, 0.1) is 0 Å². The van der Waals surface area contributed by atoms with Crippen molar-refractivity contribution in [3.63, 3.8) is 0 Å². The molecule has 1 aromatic rings. The molecular weight excluding hydrogens is 1070 g/mol. The zero-order valence-corrected chi connectivity index (χ0v) is 47.2. The molecule has 0 unspecified atom stereocenters. The predicted molar refractivity (Wildman–Crippen MR) is 304 cm³/mol. The third kappa shape index (κ3) is 26.2. The number of aliphatic hydroxyl groups excluding tert-OH is 1. The van der Waals surface area contributed by atoms with E-state index < -0.39 is 126 Å². The number of guanidine groups is 1. The van der Waals surface area contributed by atoms with Crippen LogP contribution in [0.15, 0.2) is 29.2 Å². The fourth-order valence-corrected chi connectivity index (χ4v) is 8.76. The van der Waals surface area contributed by atoms with Crippen LogP contribution in [0.2, 0.25) is 0 Å². The van der Waals surface area contributed by atoms with Gasteiger partial charge in [0.1, 0.15) is 36.3 Å². The second-order valence-corrected chi connectivity index (χ2v) is 20.1. The minimum Gasteiger partial charge on any atom is -0.389 e. The third-order valence-electron chi connectivity index (χ3n) is 13.5. The lowest BCUT2D eigenvalue weighted by molar-refractivity contribution is -0.142. The van der Waals surface area contributed by atoms with Gasteiger partial charge in [0.25, 0.3) is 0 Å². The van der Waals surface area contributed by atoms with Crippen LogP contribution in [0.5, 0.6) is 0 Å². The molecular formula is C51H92N20O11. The SMILES string of the molecule is C[C@H](NC(=O)[C@@H](NC(=O)[C@@H](N)CCCCN)[C@@H](O)CN)C(=O)NCC(=O)N[C@H](CCCN)C(=O)N1CCC[C@H]1C(=O)N[C@@H](Cc1cnc[nH]1)C(=O)N[C@@H](CCCCN)C(=O)CC/C(=C\CCN=C(N)N)C(=O)N[C@@H](CCCCN)C(N)=O. The number of aliphatic hydroxyl groups is 1. The summed E-state index contributed by atoms with van der Waals surface area (Å²) in [6.45, 7) is 1.67. The van der Waals surface area contributed by atoms with Crippen LogP contribution in [0.3, 0.4) is 0 Å². The summed E-state index contributed by atoms with van der Waals surface area (Å²) in [5.74, 6) is -7.38. The van der Waals surface area contributed by atoms with Crippen LogP contribution in [0.4, 0.5) is 0 Å². The van der Waals surface area contributed by atoms with Crippen molar-refractivity contribution in [2.75, 3.05) is 52.4 Å². The largest absolute Gasteiger partial charge is 0.389 e. The number of nitrogens with two attached hydrogens (primary N) is 9. The molecule has 82 heavy (non-hydrogen) atoms. The van der Waals surface area contributed by atoms with E-state index in [9.17, 15) is 53.1 Å². The van der Waals surface area contributed by atoms with Gasteiger partial charge in [-0.2, -0.15) is 0 Å². The average Bonchev–Trinajstić information content (AvgIpc) is 4.19. The number of rotatable bonds is 42. The highest BCUT2D eigenvalue weighted by atomic mass is 16.3. The lowest BCUT2D eigenvalue weighted by atomic mass is 9.97. The lowest BCUT2D eigenvalue weighted by Gasteiger charge is -2.30. The quantitative estimate of drug-likeness (QED) is 0.0125. The highest BCUT2D eigenvalue weighted by molar-refractivity contribution is 5.99. The van der Waals surface area contributed by atoms with Gasteiger partial charge < -0.3 is 104 Å². The molecule has 27 N–H and O–H groups in total. The maximum atomic E-state index is 14.3. The number of hydrogen-bond acceptors (Lipinski definition) is 19. The normalized spacial score (nSPS) is 16.2. The van der Waals surface area contributed by atoms with E-state index in [1.54, 1.807) is 6.08 Å². The number of aromatic amines is 1. The number of nitrogens with one attached hydrogen (secondary N) is 8. The molecule has 1 aromatic heterocycles. The molecule has 2 heterocycles. The standard InChI is InChI=1S/C51H92N20O11/c1-30(65-49(81)42(40(73)26-56)70-46(78)33(57)12-2-5-19-52)44(76)63-28-41(74)66-36(15-8-22-55)50(82)71-24-10-16-38(71)48(80)69-37(25-32-27-61-29-64-32)47(79)67-34(13-3-6-20-53)39(72)18-17-31(11-9-23-62-51(59)60)45(77)68-35(43(58)75)14-4-7-21-54/h11,27,29-30,33-38,40,42,73H,2-10,12-26,28,52-57H2,1H3,(H2,58,75)(H,61,64)(H,63,76)(H,65,81)(H,66,74)(H,67,79)(H,68,77)(H,69,80)(H,70,78)(H4,59,60,62)/b31-11+/t30-,33-,34-,35-,36+,37-,38-,40-,42-/m0/s1. The second kappa shape index (κ2) is 39.3. The van der Waals surface area contributed by atoms with Gasteiger partial charge in [-0.3, -0.25) is 52.9 Å². The van der Waals surface area contributed by atoms with Gasteiger partial charge in [-0.25, -0.2) is 4.98 Å². The zero-order chi connectivity index (χ0) is 61.1. The summed E-state index contributed by atoms with van der Waals surface area (Å²) < 4.78 is 0. The Balaban J connectivity index is 2.26. The highest BCUT2D eigenvalue weighted by Gasteiger charge is 2.40. The number of unbranched alkanes of at least 4 members (excludes halogenated alkanes) is 3. The number of primary amides is 1. The molecule has 1 saturated heterocycles. The molecule has 0 aliphatic carbocycles. The molecule has 0 radical (unpaired) electrons. The molecule has 9 atom stereocenters. The van der Waals surface area contributed by atoms with Crippen molar-refractivity contribution in [2.24, 2.45) is 56.6 Å². The maximum absolute atomic E-state index is 14.3. The van der Waals surface area contributed by atoms with Gasteiger partial charge in [0.15, 0.2) is 11.7 Å². The van der Waals surface area contributed by atoms with Crippen LogP contribution < -0.4 is 88.8 Å². The first-order valence-electron chi connectivity index (χ1n) is 28.0. The van der Waals surface area contributed by atoms with Crippen molar-refractivity contribution in [3.8, 4) is 0 Å². The Morgan fingerprint density at radius 2 is 1.37 bits per heavy atom. The molecule has 0 aromatic carbocycles. The number of likely N-dealkylation sites (tertiary alicyclic amines) is 1. The summed E-state index contributed by atoms with van der Waals surface area (Å²) in [6.07, 6.45) is 7.37. The second-order valence-electron chi connectivity index (χ2n) is 20.1. The van der Waals surface area contributed by atoms with Gasteiger partial charge in [0.2, 0.25) is 53.2 Å². The first-order valence-corrected chi connectivity index (χ1v) is 28.0. The molecule has 1 fully saturated rings. The molecule has 9 amide bonds. The maximum Gasteiger partial charge on any atom is 0.247 e. The Labute approximate surface area is 478 Å². The van der Waals surface area contributed by atoms with E-state index in [1.165, 1.54) is 24.3 Å². The fraction of sp³-hybridized carbons (Fsp3) is 0.686. The monoisotopic (exact) mass is 1160 g/mol. The number of H-pyrrole nitrogens is 1. The Morgan fingerprint density at radius 1 is 0.732 bits per heavy atom. The zero-order valence-electron chi connectivity index (χ0n) is 47.2. The van der Waals surface area contributed by atoms with E-state index in [4.69, 9.17) is 51.6 Å². The minimum atomic E-state index is -1.57. The average molecular weight is 1160 g/mol. The topological polar surface area (TPSA) is 554 Å². The Morgan fingerprint density at radius 3 is 1.96 bits per heavy atom. The number of amides is 9. The number of nitrogens with zero attached hydrogens (tertiary/aromatic N) is 3. The number of aromatic nitrogens is 2. The Hall–Kier alpha value is -7.16. The third-order valence-corrected chi connectivity index (χ3v) is 13.5. The molecule has 0 spiro atoms. The number of carbonyl (C=O) groups excluding carboxylic acids is 10. The van der Waals surface area contributed by atoms with E-state index in [0.717, 1.165) is 0 Å². The molecule has 31 nitrogen and oxygen atoms in total. The first-order chi connectivity index (χ1) is 39.1. The Kier molecular flexibility index (Phi) is 34.0. The smallest absolute Gasteiger partial charge is 0.247 e. The van der Waals surface area contributed by atoms with E-state index in [-0.39, 0.29) is 95.4 Å². The van der Waals surface area contributed by atoms with Crippen LogP contribution in [-0.2, 0) is 54.4 Å². The molecule has 1 aliphatic rings. The van der Waals surface area contributed by atoms with Gasteiger partial charge >= 0.3 is 0 Å². The van der Waals surface area contributed by atoms with Gasteiger partial charge in [0, 0.05) is 49.9 Å². The van der Waals surface area contributed by atoms with Gasteiger partial charge in [-0.15, -0.1) is 0 Å². The van der Waals surface area contributed by atoms with E-state index >= 15 is 0 Å². The molecule has 31 heteroatoms. The first kappa shape index (κ1) is 70.9. The summed E-state index contributed by atoms with van der Waals surface area (Å²) >= 11 is 0. The molecule has 1 aliphatic heterocycles. The molecule has 0 bridgehead atoms. The van der Waals surface area contributed by atoms with E-state index in [1.807, 2.05) is 0 Å². The van der Waals surface area contributed by atoms with E-state index in [2.05, 4.69) is 52.2 Å². The van der Waals surface area contributed by atoms with Gasteiger partial charge in [-0.1, -0.05) is 12.5 Å². The molecule has 2 rings (SSSR count). The number of imidazole rings is 1. The number of Topliss-reactive ketones (excluding diaryl/α,β-unsaturated/α-hetero) is 1. The summed E-state index contributed by atoms with van der Waals surface area (Å²) in [7, 11) is 0. The van der Waals surface area contributed by atoms with Crippen LogP contribution in [0.1, 0.15) is 115 Å². The summed E-state index contributed by atoms with van der Waals surface area (Å²) in [5.41, 5.74) is 51.3. The van der Waals surface area contributed by atoms with Crippen molar-refractivity contribution in [3.05, 3.63) is 29.9 Å².